The van der Waals surface area contributed by atoms with Crippen molar-refractivity contribution < 1.29 is 4.74 Å². The molecule has 0 fully saturated rings. The number of benzene rings is 1. The van der Waals surface area contributed by atoms with Crippen LogP contribution in [-0.4, -0.2) is 26.2 Å². The number of nitrogens with zero attached hydrogens (tertiary/aromatic N) is 1. The van der Waals surface area contributed by atoms with Gasteiger partial charge < -0.3 is 15.4 Å². The van der Waals surface area contributed by atoms with Crippen LogP contribution in [-0.2, 0) is 13.0 Å². The summed E-state index contributed by atoms with van der Waals surface area (Å²) in [7, 11) is 1.79. The van der Waals surface area contributed by atoms with Gasteiger partial charge in [-0.05, 0) is 30.9 Å². The van der Waals surface area contributed by atoms with Gasteiger partial charge in [-0.15, -0.1) is 11.3 Å². The zero-order valence-electron chi connectivity index (χ0n) is 13.1. The van der Waals surface area contributed by atoms with Gasteiger partial charge in [-0.2, -0.15) is 0 Å². The van der Waals surface area contributed by atoms with Gasteiger partial charge in [0.2, 0.25) is 0 Å². The number of aliphatic imine (C=N–C) groups is 1. The van der Waals surface area contributed by atoms with Crippen LogP contribution in [0.3, 0.4) is 0 Å². The summed E-state index contributed by atoms with van der Waals surface area (Å²) in [5.41, 5.74) is 1.13. The summed E-state index contributed by atoms with van der Waals surface area (Å²) in [6, 6.07) is 12.3. The molecule has 1 aromatic heterocycles. The first kappa shape index (κ1) is 16.4. The maximum atomic E-state index is 5.63. The molecular formula is C17H23N3OS. The average molecular weight is 317 g/mol. The van der Waals surface area contributed by atoms with Crippen LogP contribution >= 0.6 is 11.3 Å². The van der Waals surface area contributed by atoms with E-state index in [4.69, 9.17) is 4.74 Å². The molecular weight excluding hydrogens is 294 g/mol. The topological polar surface area (TPSA) is 45.6 Å². The minimum Gasteiger partial charge on any atom is -0.494 e. The summed E-state index contributed by atoms with van der Waals surface area (Å²) < 4.78 is 5.63. The Morgan fingerprint density at radius 3 is 2.77 bits per heavy atom. The minimum absolute atomic E-state index is 0.671. The maximum Gasteiger partial charge on any atom is 0.191 e. The second kappa shape index (κ2) is 9.10. The van der Waals surface area contributed by atoms with Crippen molar-refractivity contribution in [2.75, 3.05) is 20.2 Å². The van der Waals surface area contributed by atoms with Gasteiger partial charge in [0.15, 0.2) is 5.96 Å². The monoisotopic (exact) mass is 317 g/mol. The van der Waals surface area contributed by atoms with Crippen LogP contribution in [0.4, 0.5) is 0 Å². The average Bonchev–Trinajstić information content (AvgIpc) is 3.05. The number of nitrogens with one attached hydrogen (secondary N) is 2. The molecule has 0 aliphatic heterocycles. The molecule has 2 aromatic rings. The fraction of sp³-hybridized carbons (Fsp3) is 0.353. The van der Waals surface area contributed by atoms with Gasteiger partial charge in [0.05, 0.1) is 6.61 Å². The number of thiophene rings is 1. The van der Waals surface area contributed by atoms with Crippen LogP contribution in [0.25, 0.3) is 0 Å². The van der Waals surface area contributed by atoms with Crippen molar-refractivity contribution in [2.45, 2.75) is 19.9 Å². The smallest absolute Gasteiger partial charge is 0.191 e. The first-order valence-electron chi connectivity index (χ1n) is 7.51. The Bertz CT molecular complexity index is 581. The van der Waals surface area contributed by atoms with E-state index in [1.165, 1.54) is 4.88 Å². The quantitative estimate of drug-likeness (QED) is 0.609. The third kappa shape index (κ3) is 5.07. The van der Waals surface area contributed by atoms with Crippen LogP contribution in [0.5, 0.6) is 5.75 Å². The molecule has 0 radical (unpaired) electrons. The highest BCUT2D eigenvalue weighted by Crippen LogP contribution is 2.17. The summed E-state index contributed by atoms with van der Waals surface area (Å²) in [6.45, 7) is 4.22. The van der Waals surface area contributed by atoms with Crippen LogP contribution in [0, 0.1) is 0 Å². The Morgan fingerprint density at radius 2 is 2.05 bits per heavy atom. The third-order valence-electron chi connectivity index (χ3n) is 3.19. The van der Waals surface area contributed by atoms with Gasteiger partial charge in [-0.3, -0.25) is 4.99 Å². The lowest BCUT2D eigenvalue weighted by atomic mass is 10.2. The minimum atomic E-state index is 0.671. The van der Waals surface area contributed by atoms with Gasteiger partial charge in [0.25, 0.3) is 0 Å². The highest BCUT2D eigenvalue weighted by Gasteiger charge is 2.04. The normalized spacial score (nSPS) is 11.3. The molecule has 1 aromatic carbocycles. The van der Waals surface area contributed by atoms with E-state index in [0.29, 0.717) is 13.2 Å². The highest BCUT2D eigenvalue weighted by atomic mass is 32.1. The Labute approximate surface area is 136 Å². The predicted molar refractivity (Wildman–Crippen MR) is 93.8 cm³/mol. The van der Waals surface area contributed by atoms with E-state index in [-0.39, 0.29) is 0 Å². The lowest BCUT2D eigenvalue weighted by molar-refractivity contribution is 0.336. The molecule has 0 spiro atoms. The summed E-state index contributed by atoms with van der Waals surface area (Å²) >= 11 is 1.78. The Kier molecular flexibility index (Phi) is 6.77. The van der Waals surface area contributed by atoms with Crippen LogP contribution in [0.2, 0.25) is 0 Å². The predicted octanol–water partition coefficient (Wildman–Crippen LogP) is 3.05. The molecule has 0 saturated heterocycles. The number of hydrogen-bond acceptors (Lipinski definition) is 3. The van der Waals surface area contributed by atoms with Crippen molar-refractivity contribution >= 4 is 17.3 Å². The lowest BCUT2D eigenvalue weighted by Gasteiger charge is -2.14. The molecule has 0 aliphatic carbocycles. The molecule has 0 atom stereocenters. The van der Waals surface area contributed by atoms with Crippen LogP contribution in [0.1, 0.15) is 17.4 Å². The Balaban J connectivity index is 1.81. The first-order valence-corrected chi connectivity index (χ1v) is 8.39. The van der Waals surface area contributed by atoms with Gasteiger partial charge in [0.1, 0.15) is 5.75 Å². The largest absolute Gasteiger partial charge is 0.494 e. The van der Waals surface area contributed by atoms with Crippen molar-refractivity contribution in [3.05, 3.63) is 52.2 Å². The van der Waals surface area contributed by atoms with Crippen molar-refractivity contribution in [1.29, 1.82) is 0 Å². The van der Waals surface area contributed by atoms with E-state index in [9.17, 15) is 0 Å². The first-order chi connectivity index (χ1) is 10.8. The molecule has 0 bridgehead atoms. The standard InChI is InChI=1S/C17H23N3OS/c1-3-21-16-9-5-4-7-14(16)13-20-17(18-2)19-11-10-15-8-6-12-22-15/h4-9,12H,3,10-11,13H2,1-2H3,(H2,18,19,20). The second-order valence-electron chi connectivity index (χ2n) is 4.72. The molecule has 0 unspecified atom stereocenters. The van der Waals surface area contributed by atoms with Crippen molar-refractivity contribution in [3.8, 4) is 5.75 Å². The van der Waals surface area contributed by atoms with E-state index in [2.05, 4.69) is 39.2 Å². The molecule has 5 heteroatoms. The van der Waals surface area contributed by atoms with E-state index >= 15 is 0 Å². The molecule has 2 rings (SSSR count). The number of rotatable bonds is 7. The summed E-state index contributed by atoms with van der Waals surface area (Å²) in [5, 5.41) is 8.77. The maximum absolute atomic E-state index is 5.63. The van der Waals surface area contributed by atoms with Crippen LogP contribution in [0.15, 0.2) is 46.8 Å². The molecule has 4 nitrogen and oxygen atoms in total. The fourth-order valence-electron chi connectivity index (χ4n) is 2.10. The van der Waals surface area contributed by atoms with Gasteiger partial charge in [-0.25, -0.2) is 0 Å². The van der Waals surface area contributed by atoms with E-state index in [0.717, 1.165) is 30.2 Å². The lowest BCUT2D eigenvalue weighted by Crippen LogP contribution is -2.37. The second-order valence-corrected chi connectivity index (χ2v) is 5.75. The SMILES string of the molecule is CCOc1ccccc1CNC(=NC)NCCc1cccs1. The zero-order chi connectivity index (χ0) is 15.6. The van der Waals surface area contributed by atoms with Crippen LogP contribution < -0.4 is 15.4 Å². The molecule has 2 N–H and O–H groups in total. The number of hydrogen-bond donors (Lipinski definition) is 2. The Morgan fingerprint density at radius 1 is 1.18 bits per heavy atom. The number of ether oxygens (including phenoxy) is 1. The fourth-order valence-corrected chi connectivity index (χ4v) is 2.81. The summed E-state index contributed by atoms with van der Waals surface area (Å²) in [4.78, 5) is 5.63. The van der Waals surface area contributed by atoms with Gasteiger partial charge in [-0.1, -0.05) is 24.3 Å². The molecule has 0 aliphatic rings. The van der Waals surface area contributed by atoms with Crippen molar-refractivity contribution in [2.24, 2.45) is 4.99 Å². The molecule has 0 saturated carbocycles. The van der Waals surface area contributed by atoms with E-state index in [1.807, 2.05) is 25.1 Å². The molecule has 1 heterocycles. The van der Waals surface area contributed by atoms with Gasteiger partial charge in [0, 0.05) is 30.6 Å². The Hall–Kier alpha value is -2.01. The molecule has 22 heavy (non-hydrogen) atoms. The number of guanidine groups is 1. The highest BCUT2D eigenvalue weighted by molar-refractivity contribution is 7.09. The number of para-hydroxylation sites is 1. The summed E-state index contributed by atoms with van der Waals surface area (Å²) in [5.74, 6) is 1.73. The van der Waals surface area contributed by atoms with E-state index < -0.39 is 0 Å². The van der Waals surface area contributed by atoms with Crippen molar-refractivity contribution in [1.82, 2.24) is 10.6 Å². The zero-order valence-corrected chi connectivity index (χ0v) is 14.0. The van der Waals surface area contributed by atoms with E-state index in [1.54, 1.807) is 18.4 Å². The summed E-state index contributed by atoms with van der Waals surface area (Å²) in [6.07, 6.45) is 1.01. The molecule has 0 amide bonds. The molecule has 118 valence electrons. The third-order valence-corrected chi connectivity index (χ3v) is 4.12. The van der Waals surface area contributed by atoms with Gasteiger partial charge >= 0.3 is 0 Å². The van der Waals surface area contributed by atoms with Crippen molar-refractivity contribution in [3.63, 3.8) is 0 Å².